The van der Waals surface area contributed by atoms with Crippen molar-refractivity contribution in [2.24, 2.45) is 0 Å². The summed E-state index contributed by atoms with van der Waals surface area (Å²) in [6.45, 7) is 0. The molecule has 1 aromatic carbocycles. The molecule has 0 aliphatic carbocycles. The predicted octanol–water partition coefficient (Wildman–Crippen LogP) is 1.18. The lowest BCUT2D eigenvalue weighted by molar-refractivity contribution is 0.980. The Balaban J connectivity index is 2.65. The van der Waals surface area contributed by atoms with Gasteiger partial charge in [-0.2, -0.15) is 4.98 Å². The van der Waals surface area contributed by atoms with Crippen molar-refractivity contribution in [2.75, 3.05) is 0 Å². The molecule has 2 aromatic heterocycles. The molecule has 3 rings (SSSR count). The Bertz CT molecular complexity index is 665. The number of aromatic nitrogens is 3. The molecule has 0 unspecified atom stereocenters. The van der Waals surface area contributed by atoms with Gasteiger partial charge in [0.25, 0.3) is 0 Å². The van der Waals surface area contributed by atoms with Crippen LogP contribution in [0.15, 0.2) is 41.6 Å². The summed E-state index contributed by atoms with van der Waals surface area (Å²) in [5.74, 6) is 0. The Morgan fingerprint density at radius 3 is 3.07 bits per heavy atom. The van der Waals surface area contributed by atoms with Gasteiger partial charge in [-0.15, -0.1) is 0 Å². The summed E-state index contributed by atoms with van der Waals surface area (Å²) in [6.07, 6.45) is 3.46. The molecule has 0 atom stereocenters. The van der Waals surface area contributed by atoms with Crippen LogP contribution in [0.5, 0.6) is 0 Å². The van der Waals surface area contributed by atoms with Gasteiger partial charge in [0.15, 0.2) is 0 Å². The number of nitrogens with zero attached hydrogens (tertiary/aromatic N) is 2. The number of fused-ring (bicyclic) bond motifs is 3. The molecule has 0 fully saturated rings. The van der Waals surface area contributed by atoms with Gasteiger partial charge in [0.2, 0.25) is 0 Å². The molecule has 0 bridgehead atoms. The highest BCUT2D eigenvalue weighted by atomic mass is 16.1. The van der Waals surface area contributed by atoms with Crippen molar-refractivity contribution in [3.8, 4) is 0 Å². The standard InChI is InChI=1S/C10H7N3O/c14-10-11-6-13-5-7-3-1-2-4-8(7)9(13)12-10/h1-6H,(H,12,14). The molecular formula is C10H7N3O. The lowest BCUT2D eigenvalue weighted by Crippen LogP contribution is -2.10. The smallest absolute Gasteiger partial charge is 0.292 e. The Morgan fingerprint density at radius 1 is 1.29 bits per heavy atom. The normalized spacial score (nSPS) is 11.1. The first-order valence-corrected chi connectivity index (χ1v) is 4.29. The molecule has 1 N–H and O–H groups in total. The van der Waals surface area contributed by atoms with E-state index < -0.39 is 0 Å². The van der Waals surface area contributed by atoms with Gasteiger partial charge < -0.3 is 0 Å². The van der Waals surface area contributed by atoms with Gasteiger partial charge in [-0.05, 0) is 0 Å². The lowest BCUT2D eigenvalue weighted by atomic mass is 10.2. The van der Waals surface area contributed by atoms with E-state index in [4.69, 9.17) is 0 Å². The minimum Gasteiger partial charge on any atom is -0.292 e. The molecule has 14 heavy (non-hydrogen) atoms. The average molecular weight is 185 g/mol. The first kappa shape index (κ1) is 7.32. The Hall–Kier alpha value is -2.10. The van der Waals surface area contributed by atoms with Crippen LogP contribution in [-0.4, -0.2) is 14.4 Å². The summed E-state index contributed by atoms with van der Waals surface area (Å²) in [7, 11) is 0. The summed E-state index contributed by atoms with van der Waals surface area (Å²) in [4.78, 5) is 17.4. The number of hydrogen-bond acceptors (Lipinski definition) is 2. The topological polar surface area (TPSA) is 50.2 Å². The molecule has 4 heteroatoms. The van der Waals surface area contributed by atoms with Gasteiger partial charge in [-0.1, -0.05) is 24.3 Å². The zero-order valence-corrected chi connectivity index (χ0v) is 7.27. The fourth-order valence-electron chi connectivity index (χ4n) is 1.65. The molecule has 0 saturated carbocycles. The molecule has 0 saturated heterocycles. The summed E-state index contributed by atoms with van der Waals surface area (Å²) < 4.78 is 1.81. The van der Waals surface area contributed by atoms with E-state index in [9.17, 15) is 4.79 Å². The Labute approximate surface area is 78.8 Å². The van der Waals surface area contributed by atoms with E-state index in [0.29, 0.717) is 0 Å². The maximum Gasteiger partial charge on any atom is 0.347 e. The Morgan fingerprint density at radius 2 is 2.14 bits per heavy atom. The van der Waals surface area contributed by atoms with Crippen LogP contribution in [0, 0.1) is 0 Å². The van der Waals surface area contributed by atoms with E-state index in [-0.39, 0.29) is 5.69 Å². The molecule has 68 valence electrons. The van der Waals surface area contributed by atoms with Crippen LogP contribution in [0.25, 0.3) is 16.4 Å². The fraction of sp³-hybridized carbons (Fsp3) is 0. The van der Waals surface area contributed by atoms with Crippen molar-refractivity contribution >= 4 is 16.4 Å². The maximum atomic E-state index is 11.0. The number of nitrogens with one attached hydrogen (secondary N) is 1. The highest BCUT2D eigenvalue weighted by molar-refractivity contribution is 5.94. The summed E-state index contributed by atoms with van der Waals surface area (Å²) in [5.41, 5.74) is 0.474. The lowest BCUT2D eigenvalue weighted by Gasteiger charge is -1.91. The van der Waals surface area contributed by atoms with E-state index in [1.807, 2.05) is 34.9 Å². The maximum absolute atomic E-state index is 11.0. The molecule has 4 nitrogen and oxygen atoms in total. The minimum atomic E-state index is -0.318. The average Bonchev–Trinajstić information content (AvgIpc) is 2.56. The highest BCUT2D eigenvalue weighted by Gasteiger charge is 2.01. The van der Waals surface area contributed by atoms with Crippen molar-refractivity contribution in [1.29, 1.82) is 0 Å². The summed E-state index contributed by atoms with van der Waals surface area (Å²) in [6, 6.07) is 7.88. The van der Waals surface area contributed by atoms with Gasteiger partial charge in [-0.3, -0.25) is 9.38 Å². The molecule has 0 spiro atoms. The van der Waals surface area contributed by atoms with Gasteiger partial charge in [-0.25, -0.2) is 4.79 Å². The zero-order chi connectivity index (χ0) is 9.54. The number of rotatable bonds is 0. The Kier molecular flexibility index (Phi) is 1.28. The quantitative estimate of drug-likeness (QED) is 0.571. The third kappa shape index (κ3) is 0.877. The largest absolute Gasteiger partial charge is 0.347 e. The molecule has 3 aromatic rings. The zero-order valence-electron chi connectivity index (χ0n) is 7.27. The molecule has 0 radical (unpaired) electrons. The predicted molar refractivity (Wildman–Crippen MR) is 53.3 cm³/mol. The van der Waals surface area contributed by atoms with Crippen molar-refractivity contribution in [3.63, 3.8) is 0 Å². The monoisotopic (exact) mass is 185 g/mol. The van der Waals surface area contributed by atoms with Crippen LogP contribution in [0.2, 0.25) is 0 Å². The number of hydrogen-bond donors (Lipinski definition) is 1. The van der Waals surface area contributed by atoms with E-state index in [1.54, 1.807) is 0 Å². The van der Waals surface area contributed by atoms with Crippen LogP contribution >= 0.6 is 0 Å². The van der Waals surface area contributed by atoms with Gasteiger partial charge in [0.05, 0.1) is 0 Å². The third-order valence-electron chi connectivity index (χ3n) is 2.28. The highest BCUT2D eigenvalue weighted by Crippen LogP contribution is 2.18. The third-order valence-corrected chi connectivity index (χ3v) is 2.28. The first-order chi connectivity index (χ1) is 6.84. The van der Waals surface area contributed by atoms with E-state index >= 15 is 0 Å². The second-order valence-electron chi connectivity index (χ2n) is 3.15. The van der Waals surface area contributed by atoms with Crippen LogP contribution < -0.4 is 5.69 Å². The second-order valence-corrected chi connectivity index (χ2v) is 3.15. The molecule has 2 heterocycles. The fourth-order valence-corrected chi connectivity index (χ4v) is 1.65. The molecule has 0 aliphatic heterocycles. The molecule has 0 amide bonds. The van der Waals surface area contributed by atoms with Gasteiger partial charge in [0, 0.05) is 17.0 Å². The SMILES string of the molecule is O=c1ncn2cc3ccccc3c2[nH]1. The van der Waals surface area contributed by atoms with Crippen LogP contribution in [-0.2, 0) is 0 Å². The summed E-state index contributed by atoms with van der Waals surface area (Å²) >= 11 is 0. The second kappa shape index (κ2) is 2.45. The summed E-state index contributed by atoms with van der Waals surface area (Å²) in [5, 5.41) is 2.13. The number of H-pyrrole nitrogens is 1. The van der Waals surface area contributed by atoms with Crippen LogP contribution in [0.4, 0.5) is 0 Å². The molecule has 0 aliphatic rings. The van der Waals surface area contributed by atoms with Crippen molar-refractivity contribution in [3.05, 3.63) is 47.3 Å². The van der Waals surface area contributed by atoms with Crippen molar-refractivity contribution in [1.82, 2.24) is 14.4 Å². The van der Waals surface area contributed by atoms with E-state index in [0.717, 1.165) is 16.4 Å². The van der Waals surface area contributed by atoms with Crippen LogP contribution in [0.3, 0.4) is 0 Å². The van der Waals surface area contributed by atoms with Crippen molar-refractivity contribution in [2.45, 2.75) is 0 Å². The van der Waals surface area contributed by atoms with E-state index in [1.165, 1.54) is 6.33 Å². The molecular weight excluding hydrogens is 178 g/mol. The van der Waals surface area contributed by atoms with Crippen molar-refractivity contribution < 1.29 is 0 Å². The first-order valence-electron chi connectivity index (χ1n) is 4.29. The van der Waals surface area contributed by atoms with Gasteiger partial charge >= 0.3 is 5.69 Å². The van der Waals surface area contributed by atoms with Gasteiger partial charge in [0.1, 0.15) is 12.0 Å². The number of aromatic amines is 1. The minimum absolute atomic E-state index is 0.318. The van der Waals surface area contributed by atoms with E-state index in [2.05, 4.69) is 9.97 Å². The van der Waals surface area contributed by atoms with Crippen LogP contribution in [0.1, 0.15) is 0 Å². The number of benzene rings is 1.